The number of nitrogens with zero attached hydrogens (tertiary/aromatic N) is 5. The molecule has 10 aromatic rings. The van der Waals surface area contributed by atoms with Crippen LogP contribution in [0.3, 0.4) is 0 Å². The smallest absolute Gasteiger partial charge is 0.0999 e. The second kappa shape index (κ2) is 10.2. The predicted molar refractivity (Wildman–Crippen MR) is 199 cm³/mol. The molecule has 5 nitrogen and oxygen atoms in total. The van der Waals surface area contributed by atoms with Crippen LogP contribution in [-0.4, -0.2) is 13.7 Å². The van der Waals surface area contributed by atoms with Gasteiger partial charge >= 0.3 is 0 Å². The molecule has 0 amide bonds. The normalized spacial score (nSPS) is 11.6. The lowest BCUT2D eigenvalue weighted by Gasteiger charge is -2.11. The van der Waals surface area contributed by atoms with E-state index in [0.717, 1.165) is 82.5 Å². The van der Waals surface area contributed by atoms with Crippen LogP contribution in [0.2, 0.25) is 0 Å². The van der Waals surface area contributed by atoms with Gasteiger partial charge in [-0.2, -0.15) is 10.5 Å². The quantitative estimate of drug-likeness (QED) is 0.197. The molecule has 0 aliphatic carbocycles. The van der Waals surface area contributed by atoms with Crippen molar-refractivity contribution in [1.82, 2.24) is 13.7 Å². The highest BCUT2D eigenvalue weighted by Gasteiger charge is 2.25. The van der Waals surface area contributed by atoms with E-state index in [1.807, 2.05) is 42.5 Å². The molecule has 0 spiro atoms. The molecule has 3 aromatic heterocycles. The number of para-hydroxylation sites is 3. The Balaban J connectivity index is 1.48. The van der Waals surface area contributed by atoms with E-state index in [0.29, 0.717) is 11.1 Å². The minimum Gasteiger partial charge on any atom is -0.309 e. The summed E-state index contributed by atoms with van der Waals surface area (Å²) in [7, 11) is 0. The van der Waals surface area contributed by atoms with Gasteiger partial charge in [-0.3, -0.25) is 0 Å². The van der Waals surface area contributed by atoms with E-state index in [2.05, 4.69) is 135 Å². The summed E-state index contributed by atoms with van der Waals surface area (Å²) in [5.41, 5.74) is 10.6. The van der Waals surface area contributed by atoms with Crippen molar-refractivity contribution in [2.24, 2.45) is 0 Å². The van der Waals surface area contributed by atoms with Gasteiger partial charge < -0.3 is 13.7 Å². The molecule has 7 aromatic carbocycles. The molecular formula is C44H25N5. The number of nitriles is 2. The third-order valence-electron chi connectivity index (χ3n) is 9.86. The number of hydrogen-bond acceptors (Lipinski definition) is 2. The molecule has 3 heterocycles. The van der Waals surface area contributed by atoms with Gasteiger partial charge in [0, 0.05) is 49.4 Å². The molecule has 0 aliphatic rings. The van der Waals surface area contributed by atoms with Crippen molar-refractivity contribution in [2.45, 2.75) is 0 Å². The van der Waals surface area contributed by atoms with Crippen molar-refractivity contribution in [3.63, 3.8) is 0 Å². The summed E-state index contributed by atoms with van der Waals surface area (Å²) < 4.78 is 6.95. The molecule has 49 heavy (non-hydrogen) atoms. The Kier molecular flexibility index (Phi) is 5.64. The van der Waals surface area contributed by atoms with Crippen LogP contribution in [0, 0.1) is 22.7 Å². The van der Waals surface area contributed by atoms with E-state index in [4.69, 9.17) is 0 Å². The summed E-state index contributed by atoms with van der Waals surface area (Å²) in [6, 6.07) is 57.0. The maximum atomic E-state index is 10.5. The van der Waals surface area contributed by atoms with Crippen molar-refractivity contribution in [3.05, 3.63) is 163 Å². The first kappa shape index (κ1) is 27.1. The highest BCUT2D eigenvalue weighted by Crippen LogP contribution is 2.46. The van der Waals surface area contributed by atoms with Gasteiger partial charge in [-0.1, -0.05) is 78.9 Å². The highest BCUT2D eigenvalue weighted by atomic mass is 15.0. The molecule has 0 fully saturated rings. The lowest BCUT2D eigenvalue weighted by Crippen LogP contribution is -1.96. The average molecular weight is 624 g/mol. The Morgan fingerprint density at radius 1 is 0.367 bits per heavy atom. The van der Waals surface area contributed by atoms with E-state index in [-0.39, 0.29) is 0 Å². The fourth-order valence-electron chi connectivity index (χ4n) is 7.96. The molecule has 0 aliphatic heterocycles. The summed E-state index contributed by atoms with van der Waals surface area (Å²) in [5.74, 6) is 0. The zero-order valence-corrected chi connectivity index (χ0v) is 26.2. The Bertz CT molecular complexity index is 3050. The number of benzene rings is 7. The van der Waals surface area contributed by atoms with Crippen LogP contribution in [0.5, 0.6) is 0 Å². The number of hydrogen-bond donors (Lipinski definition) is 0. The molecule has 0 bridgehead atoms. The third-order valence-corrected chi connectivity index (χ3v) is 9.86. The zero-order valence-electron chi connectivity index (χ0n) is 26.2. The standard InChI is InChI=1S/C44H25N5/c45-26-28-11-9-17-32(25-28)48-36-19-8-7-18-35(36)41-38(48)23-21-33-34-22-24-39-42(44(34)49(43(33)41)31-15-5-2-6-16-31)40-29(27-46)12-10-20-37(40)47(39)30-13-3-1-4-14-30/h1-25H. The molecule has 5 heteroatoms. The van der Waals surface area contributed by atoms with Crippen LogP contribution in [0.4, 0.5) is 0 Å². The molecular weight excluding hydrogens is 599 g/mol. The van der Waals surface area contributed by atoms with Crippen LogP contribution >= 0.6 is 0 Å². The Hall–Kier alpha value is -7.08. The number of rotatable bonds is 3. The van der Waals surface area contributed by atoms with Gasteiger partial charge in [0.15, 0.2) is 0 Å². The van der Waals surface area contributed by atoms with Gasteiger partial charge in [0.25, 0.3) is 0 Å². The van der Waals surface area contributed by atoms with Crippen LogP contribution in [0.1, 0.15) is 11.1 Å². The maximum absolute atomic E-state index is 10.5. The van der Waals surface area contributed by atoms with E-state index >= 15 is 0 Å². The fraction of sp³-hybridized carbons (Fsp3) is 0. The van der Waals surface area contributed by atoms with Crippen LogP contribution < -0.4 is 0 Å². The lowest BCUT2D eigenvalue weighted by atomic mass is 10.0. The SMILES string of the molecule is N#Cc1cccc(-n2c3ccccc3c3c2ccc2c4ccc5c(c6c(C#N)cccc6n5-c5ccccc5)c4n(-c4ccccc4)c23)c1. The molecule has 10 rings (SSSR count). The van der Waals surface area contributed by atoms with Gasteiger partial charge in [0.1, 0.15) is 0 Å². The van der Waals surface area contributed by atoms with E-state index in [9.17, 15) is 10.5 Å². The monoisotopic (exact) mass is 623 g/mol. The first-order chi connectivity index (χ1) is 24.3. The molecule has 0 unspecified atom stereocenters. The van der Waals surface area contributed by atoms with Crippen LogP contribution in [0.25, 0.3) is 82.5 Å². The van der Waals surface area contributed by atoms with Crippen molar-refractivity contribution >= 4 is 65.4 Å². The minimum absolute atomic E-state index is 0.619. The Labute approximate surface area is 280 Å². The van der Waals surface area contributed by atoms with E-state index < -0.39 is 0 Å². The Morgan fingerprint density at radius 2 is 0.918 bits per heavy atom. The lowest BCUT2D eigenvalue weighted by molar-refractivity contribution is 1.17. The van der Waals surface area contributed by atoms with Crippen molar-refractivity contribution in [2.75, 3.05) is 0 Å². The topological polar surface area (TPSA) is 62.4 Å². The third kappa shape index (κ3) is 3.67. The molecule has 226 valence electrons. The Morgan fingerprint density at radius 3 is 1.63 bits per heavy atom. The van der Waals surface area contributed by atoms with Gasteiger partial charge in [0.2, 0.25) is 0 Å². The molecule has 0 N–H and O–H groups in total. The van der Waals surface area contributed by atoms with Crippen molar-refractivity contribution in [3.8, 4) is 29.2 Å². The summed E-state index contributed by atoms with van der Waals surface area (Å²) >= 11 is 0. The van der Waals surface area contributed by atoms with Gasteiger partial charge in [0.05, 0.1) is 56.4 Å². The molecule has 0 saturated carbocycles. The minimum atomic E-state index is 0.619. The second-order valence-corrected chi connectivity index (χ2v) is 12.4. The second-order valence-electron chi connectivity index (χ2n) is 12.4. The zero-order chi connectivity index (χ0) is 32.6. The van der Waals surface area contributed by atoms with Crippen LogP contribution in [-0.2, 0) is 0 Å². The molecule has 0 atom stereocenters. The number of fused-ring (bicyclic) bond motifs is 11. The average Bonchev–Trinajstić information content (AvgIpc) is 3.81. The first-order valence-corrected chi connectivity index (χ1v) is 16.2. The molecule has 0 saturated heterocycles. The van der Waals surface area contributed by atoms with Gasteiger partial charge in [-0.15, -0.1) is 0 Å². The maximum Gasteiger partial charge on any atom is 0.0999 e. The fourth-order valence-corrected chi connectivity index (χ4v) is 7.96. The summed E-state index contributed by atoms with van der Waals surface area (Å²) in [6.07, 6.45) is 0. The van der Waals surface area contributed by atoms with Crippen LogP contribution in [0.15, 0.2) is 152 Å². The van der Waals surface area contributed by atoms with Crippen molar-refractivity contribution in [1.29, 1.82) is 10.5 Å². The summed E-state index contributed by atoms with van der Waals surface area (Å²) in [5, 5.41) is 26.8. The van der Waals surface area contributed by atoms with Gasteiger partial charge in [-0.05, 0) is 72.8 Å². The number of aromatic nitrogens is 3. The van der Waals surface area contributed by atoms with Gasteiger partial charge in [-0.25, -0.2) is 0 Å². The first-order valence-electron chi connectivity index (χ1n) is 16.2. The summed E-state index contributed by atoms with van der Waals surface area (Å²) in [4.78, 5) is 0. The largest absolute Gasteiger partial charge is 0.309 e. The van der Waals surface area contributed by atoms with E-state index in [1.54, 1.807) is 0 Å². The van der Waals surface area contributed by atoms with E-state index in [1.165, 1.54) is 0 Å². The van der Waals surface area contributed by atoms with Crippen molar-refractivity contribution < 1.29 is 0 Å². The highest BCUT2D eigenvalue weighted by molar-refractivity contribution is 6.32. The summed E-state index contributed by atoms with van der Waals surface area (Å²) in [6.45, 7) is 0. The predicted octanol–water partition coefficient (Wildman–Crippen LogP) is 10.7. The molecule has 0 radical (unpaired) electrons.